The number of aliphatic hydroxyl groups is 2. The van der Waals surface area contributed by atoms with Gasteiger partial charge >= 0.3 is 0 Å². The number of thiazole rings is 1. The Morgan fingerprint density at radius 1 is 1.35 bits per heavy atom. The molecule has 4 unspecified atom stereocenters. The van der Waals surface area contributed by atoms with Gasteiger partial charge in [-0.3, -0.25) is 4.79 Å². The maximum atomic E-state index is 14.1. The summed E-state index contributed by atoms with van der Waals surface area (Å²) in [7, 11) is 0. The molecule has 5 N–H and O–H groups in total. The summed E-state index contributed by atoms with van der Waals surface area (Å²) < 4.78 is 36.4. The molecule has 2 aromatic carbocycles. The molecule has 1 amide bonds. The molecule has 0 aliphatic carbocycles. The number of amides is 1. The Balaban J connectivity index is 1.46. The van der Waals surface area contributed by atoms with Gasteiger partial charge in [0.05, 0.1) is 51.8 Å². The first kappa shape index (κ1) is 27.4. The first-order chi connectivity index (χ1) is 19.3. The van der Waals surface area contributed by atoms with Crippen molar-refractivity contribution in [1.82, 2.24) is 20.0 Å². The molecule has 2 aromatic heterocycles. The Hall–Kier alpha value is -4.18. The Morgan fingerprint density at radius 3 is 2.92 bits per heavy atom. The van der Waals surface area contributed by atoms with Gasteiger partial charge in [0.25, 0.3) is 0 Å². The van der Waals surface area contributed by atoms with Crippen LogP contribution in [0.4, 0.5) is 20.2 Å². The lowest BCUT2D eigenvalue weighted by Gasteiger charge is -2.38. The average molecular weight is 571 g/mol. The minimum Gasteiger partial charge on any atom is -0.394 e. The van der Waals surface area contributed by atoms with Crippen molar-refractivity contribution in [2.45, 2.75) is 37.7 Å². The van der Waals surface area contributed by atoms with Crippen molar-refractivity contribution in [1.29, 1.82) is 0 Å². The van der Waals surface area contributed by atoms with Crippen LogP contribution in [0.5, 0.6) is 0 Å². The smallest absolute Gasteiger partial charge is 0.211 e. The summed E-state index contributed by atoms with van der Waals surface area (Å²) >= 11 is 1.53. The molecule has 1 fully saturated rings. The second-order valence-electron chi connectivity index (χ2n) is 8.94. The Kier molecular flexibility index (Phi) is 7.88. The number of aryl methyl sites for hydroxylation is 1. The van der Waals surface area contributed by atoms with Gasteiger partial charge in [-0.25, -0.2) is 28.4 Å². The van der Waals surface area contributed by atoms with Crippen LogP contribution in [0.2, 0.25) is 0 Å². The van der Waals surface area contributed by atoms with Gasteiger partial charge in [0, 0.05) is 12.0 Å². The van der Waals surface area contributed by atoms with Crippen LogP contribution in [0.1, 0.15) is 17.5 Å². The number of rotatable bonds is 7. The van der Waals surface area contributed by atoms with Crippen molar-refractivity contribution in [3.63, 3.8) is 0 Å². The monoisotopic (exact) mass is 570 g/mol. The van der Waals surface area contributed by atoms with Crippen LogP contribution in [-0.2, 0) is 9.53 Å². The molecule has 0 radical (unpaired) electrons. The minimum atomic E-state index is -1.21. The van der Waals surface area contributed by atoms with E-state index in [1.165, 1.54) is 28.3 Å². The number of anilines is 1. The highest BCUT2D eigenvalue weighted by molar-refractivity contribution is 7.18. The number of aromatic nitrogens is 4. The summed E-state index contributed by atoms with van der Waals surface area (Å²) in [6, 6.07) is 6.86. The van der Waals surface area contributed by atoms with E-state index in [1.807, 2.05) is 19.1 Å². The molecule has 4 aromatic rings. The van der Waals surface area contributed by atoms with E-state index in [-0.39, 0.29) is 35.6 Å². The summed E-state index contributed by atoms with van der Waals surface area (Å²) in [5, 5.41) is 32.0. The fourth-order valence-electron chi connectivity index (χ4n) is 4.50. The third-order valence-electron chi connectivity index (χ3n) is 6.36. The van der Waals surface area contributed by atoms with E-state index in [2.05, 4.69) is 30.6 Å². The summed E-state index contributed by atoms with van der Waals surface area (Å²) in [6.07, 6.45) is -0.165. The highest BCUT2D eigenvalue weighted by Crippen LogP contribution is 2.33. The Bertz CT molecular complexity index is 1610. The number of carbonyl (C=O) groups is 1. The highest BCUT2D eigenvalue weighted by atomic mass is 32.1. The third kappa shape index (κ3) is 5.44. The van der Waals surface area contributed by atoms with E-state index >= 15 is 0 Å². The lowest BCUT2D eigenvalue weighted by molar-refractivity contribution is -0.137. The van der Waals surface area contributed by atoms with Gasteiger partial charge in [-0.2, -0.15) is 0 Å². The second kappa shape index (κ2) is 11.5. The molecule has 1 aliphatic rings. The van der Waals surface area contributed by atoms with Gasteiger partial charge in [-0.15, -0.1) is 16.4 Å². The predicted molar refractivity (Wildman–Crippen MR) is 145 cm³/mol. The van der Waals surface area contributed by atoms with Crippen LogP contribution in [0.3, 0.4) is 0 Å². The lowest BCUT2D eigenvalue weighted by atomic mass is 9.95. The molecule has 4 atom stereocenters. The molecule has 0 spiro atoms. The molecule has 12 nitrogen and oxygen atoms in total. The number of hydrogen-bond donors (Lipinski definition) is 4. The number of hydrogen-bond acceptors (Lipinski definition) is 9. The summed E-state index contributed by atoms with van der Waals surface area (Å²) in [5.41, 5.74) is 6.98. The largest absolute Gasteiger partial charge is 0.394 e. The van der Waals surface area contributed by atoms with Crippen LogP contribution in [0, 0.1) is 18.6 Å². The number of ether oxygens (including phenoxy) is 1. The first-order valence-corrected chi connectivity index (χ1v) is 12.9. The molecular formula is C25H24F2N8O4S. The SMILES string of the molecule is Cc1nc2ccc(N=C(N=CN)C3CC(n4cc(-c5cc(F)c(F)c(NC=O)c5)nn4)C(O)C(CO)O3)cc2s1. The topological polar surface area (TPSA) is 173 Å². The maximum absolute atomic E-state index is 14.1. The average Bonchev–Trinajstić information content (AvgIpc) is 3.57. The van der Waals surface area contributed by atoms with Crippen LogP contribution in [-0.4, -0.2) is 73.7 Å². The van der Waals surface area contributed by atoms with Crippen LogP contribution >= 0.6 is 11.3 Å². The second-order valence-corrected chi connectivity index (χ2v) is 10.2. The molecule has 0 bridgehead atoms. The van der Waals surface area contributed by atoms with E-state index in [9.17, 15) is 23.8 Å². The summed E-state index contributed by atoms with van der Waals surface area (Å²) in [4.78, 5) is 24.0. The van der Waals surface area contributed by atoms with E-state index < -0.39 is 42.6 Å². The third-order valence-corrected chi connectivity index (χ3v) is 7.29. The molecule has 15 heteroatoms. The molecule has 208 valence electrons. The zero-order chi connectivity index (χ0) is 28.4. The number of nitrogens with one attached hydrogen (secondary N) is 1. The first-order valence-electron chi connectivity index (χ1n) is 12.1. The Morgan fingerprint density at radius 2 is 2.17 bits per heavy atom. The normalized spacial score (nSPS) is 21.8. The maximum Gasteiger partial charge on any atom is 0.211 e. The number of halogens is 2. The quantitative estimate of drug-likeness (QED) is 0.149. The van der Waals surface area contributed by atoms with Crippen molar-refractivity contribution >= 4 is 51.5 Å². The number of aliphatic hydroxyl groups excluding tert-OH is 2. The van der Waals surface area contributed by atoms with E-state index in [0.717, 1.165) is 27.6 Å². The molecule has 5 rings (SSSR count). The molecule has 0 saturated carbocycles. The highest BCUT2D eigenvalue weighted by Gasteiger charge is 2.41. The number of fused-ring (bicyclic) bond motifs is 1. The van der Waals surface area contributed by atoms with Crippen molar-refractivity contribution in [3.8, 4) is 11.3 Å². The molecule has 1 saturated heterocycles. The van der Waals surface area contributed by atoms with Gasteiger partial charge < -0.3 is 26.0 Å². The number of carbonyl (C=O) groups excluding carboxylic acids is 1. The molecule has 40 heavy (non-hydrogen) atoms. The van der Waals surface area contributed by atoms with Crippen molar-refractivity contribution < 1.29 is 28.5 Å². The summed E-state index contributed by atoms with van der Waals surface area (Å²) in [5.74, 6) is -2.19. The predicted octanol–water partition coefficient (Wildman–Crippen LogP) is 2.48. The van der Waals surface area contributed by atoms with Gasteiger partial charge in [0.1, 0.15) is 24.0 Å². The molecule has 3 heterocycles. The van der Waals surface area contributed by atoms with Crippen molar-refractivity contribution in [2.75, 3.05) is 11.9 Å². The van der Waals surface area contributed by atoms with Crippen molar-refractivity contribution in [3.05, 3.63) is 53.2 Å². The van der Waals surface area contributed by atoms with Gasteiger partial charge in [0.2, 0.25) is 6.41 Å². The van der Waals surface area contributed by atoms with Crippen LogP contribution < -0.4 is 11.1 Å². The molecular weight excluding hydrogens is 546 g/mol. The van der Waals surface area contributed by atoms with E-state index in [1.54, 1.807) is 6.07 Å². The van der Waals surface area contributed by atoms with Crippen molar-refractivity contribution in [2.24, 2.45) is 15.7 Å². The van der Waals surface area contributed by atoms with E-state index in [0.29, 0.717) is 5.69 Å². The lowest BCUT2D eigenvalue weighted by Crippen LogP contribution is -2.49. The molecule has 1 aliphatic heterocycles. The number of amidine groups is 1. The van der Waals surface area contributed by atoms with Crippen LogP contribution in [0.25, 0.3) is 21.5 Å². The number of nitrogens with two attached hydrogens (primary N) is 1. The Labute approximate surface area is 229 Å². The van der Waals surface area contributed by atoms with E-state index in [4.69, 9.17) is 10.5 Å². The zero-order valence-electron chi connectivity index (χ0n) is 21.0. The summed E-state index contributed by atoms with van der Waals surface area (Å²) in [6.45, 7) is 1.41. The minimum absolute atomic E-state index is 0.119. The number of aliphatic imine (C=N–C) groups is 2. The van der Waals surface area contributed by atoms with Gasteiger partial charge in [-0.05, 0) is 37.3 Å². The standard InChI is InChI=1S/C25H24F2N8O4S/c1-12-31-16-3-2-14(6-22(16)40-12)32-25(29-10-28)20-7-19(24(38)21(9-36)39-20)35-8-18(33-34-35)13-4-15(26)23(27)17(5-13)30-11-37/h2-6,8,10-11,19-21,24,36,38H,7,9H2,1H3,(H,30,37)(H2,28,29,32). The van der Waals surface area contributed by atoms with Crippen LogP contribution in [0.15, 0.2) is 46.5 Å². The zero-order valence-corrected chi connectivity index (χ0v) is 21.8. The van der Waals surface area contributed by atoms with Gasteiger partial charge in [-0.1, -0.05) is 5.21 Å². The fraction of sp³-hybridized carbons (Fsp3) is 0.280. The fourth-order valence-corrected chi connectivity index (χ4v) is 5.36. The number of benzene rings is 2. The van der Waals surface area contributed by atoms with Gasteiger partial charge in [0.15, 0.2) is 17.5 Å². The number of nitrogens with zero attached hydrogens (tertiary/aromatic N) is 6.